The highest BCUT2D eigenvalue weighted by molar-refractivity contribution is 6.27. The van der Waals surface area contributed by atoms with Gasteiger partial charge in [0, 0.05) is 32.2 Å². The van der Waals surface area contributed by atoms with Crippen LogP contribution in [-0.4, -0.2) is 59.0 Å². The molecule has 1 heterocycles. The van der Waals surface area contributed by atoms with Crippen molar-refractivity contribution >= 4 is 17.9 Å². The van der Waals surface area contributed by atoms with E-state index in [0.29, 0.717) is 6.54 Å². The number of hydrogen-bond acceptors (Lipinski definition) is 4. The van der Waals surface area contributed by atoms with Gasteiger partial charge in [0.15, 0.2) is 6.29 Å². The van der Waals surface area contributed by atoms with Crippen molar-refractivity contribution < 1.29 is 9.90 Å². The third-order valence-electron chi connectivity index (χ3n) is 3.50. The summed E-state index contributed by atoms with van der Waals surface area (Å²) in [4.78, 5) is 14.9. The monoisotopic (exact) mass is 282 g/mol. The highest BCUT2D eigenvalue weighted by Gasteiger charge is 2.30. The summed E-state index contributed by atoms with van der Waals surface area (Å²) < 4.78 is 0. The van der Waals surface area contributed by atoms with Crippen LogP contribution in [0.3, 0.4) is 0 Å². The van der Waals surface area contributed by atoms with Gasteiger partial charge in [-0.25, -0.2) is 0 Å². The number of aliphatic hydroxyl groups is 1. The number of piperazine rings is 1. The van der Waals surface area contributed by atoms with Crippen molar-refractivity contribution in [1.29, 1.82) is 0 Å². The number of nitrogens with zero attached hydrogens (tertiary/aromatic N) is 2. The molecule has 19 heavy (non-hydrogen) atoms. The lowest BCUT2D eigenvalue weighted by Crippen LogP contribution is -2.56. The second kappa shape index (κ2) is 7.01. The van der Waals surface area contributed by atoms with Crippen LogP contribution in [-0.2, 0) is 11.3 Å². The second-order valence-corrected chi connectivity index (χ2v) is 5.25. The van der Waals surface area contributed by atoms with E-state index in [9.17, 15) is 9.90 Å². The fourth-order valence-electron chi connectivity index (χ4n) is 2.48. The summed E-state index contributed by atoms with van der Waals surface area (Å²) in [6.07, 6.45) is 0.719. The first kappa shape index (κ1) is 14.5. The Balaban J connectivity index is 1.95. The molecule has 0 saturated carbocycles. The van der Waals surface area contributed by atoms with E-state index in [2.05, 4.69) is 17.0 Å². The van der Waals surface area contributed by atoms with Crippen molar-refractivity contribution in [2.75, 3.05) is 26.2 Å². The minimum absolute atomic E-state index is 0.0162. The molecule has 2 atom stereocenters. The number of hydrogen-bond donors (Lipinski definition) is 1. The zero-order valence-electron chi connectivity index (χ0n) is 10.8. The number of rotatable bonds is 5. The van der Waals surface area contributed by atoms with Gasteiger partial charge >= 0.3 is 0 Å². The van der Waals surface area contributed by atoms with Crippen LogP contribution in [0.15, 0.2) is 30.3 Å². The number of benzene rings is 1. The van der Waals surface area contributed by atoms with Crippen LogP contribution in [0.4, 0.5) is 0 Å². The number of carbonyl (C=O) groups is 1. The van der Waals surface area contributed by atoms with Crippen LogP contribution < -0.4 is 0 Å². The molecule has 4 nitrogen and oxygen atoms in total. The lowest BCUT2D eigenvalue weighted by Gasteiger charge is -2.41. The molecule has 0 unspecified atom stereocenters. The Morgan fingerprint density at radius 2 is 2.11 bits per heavy atom. The Hall–Kier alpha value is -0.940. The lowest BCUT2D eigenvalue weighted by molar-refractivity contribution is -0.112. The zero-order valence-corrected chi connectivity index (χ0v) is 11.5. The summed E-state index contributed by atoms with van der Waals surface area (Å²) in [6, 6.07) is 10.2. The van der Waals surface area contributed by atoms with Crippen LogP contribution >= 0.6 is 11.6 Å². The molecule has 0 bridgehead atoms. The number of aldehydes is 1. The van der Waals surface area contributed by atoms with Crippen molar-refractivity contribution in [2.24, 2.45) is 0 Å². The Morgan fingerprint density at radius 1 is 1.37 bits per heavy atom. The summed E-state index contributed by atoms with van der Waals surface area (Å²) in [6.45, 7) is 3.15. The highest BCUT2D eigenvalue weighted by atomic mass is 35.5. The second-order valence-electron chi connectivity index (χ2n) is 4.80. The molecule has 1 aromatic rings. The molecular weight excluding hydrogens is 264 g/mol. The lowest BCUT2D eigenvalue weighted by atomic mass is 10.1. The Bertz CT molecular complexity index is 402. The van der Waals surface area contributed by atoms with Crippen LogP contribution in [0.5, 0.6) is 0 Å². The van der Waals surface area contributed by atoms with E-state index in [0.717, 1.165) is 25.9 Å². The molecular formula is C14H19ClN2O2. The highest BCUT2D eigenvalue weighted by Crippen LogP contribution is 2.16. The van der Waals surface area contributed by atoms with Crippen LogP contribution in [0.2, 0.25) is 0 Å². The average Bonchev–Trinajstić information content (AvgIpc) is 2.47. The van der Waals surface area contributed by atoms with Gasteiger partial charge in [-0.15, -0.1) is 0 Å². The van der Waals surface area contributed by atoms with E-state index < -0.39 is 5.50 Å². The van der Waals surface area contributed by atoms with E-state index in [1.54, 1.807) is 0 Å². The van der Waals surface area contributed by atoms with E-state index in [1.807, 2.05) is 23.1 Å². The molecule has 1 aliphatic heterocycles. The van der Waals surface area contributed by atoms with E-state index >= 15 is 0 Å². The van der Waals surface area contributed by atoms with Crippen LogP contribution in [0.1, 0.15) is 5.56 Å². The summed E-state index contributed by atoms with van der Waals surface area (Å²) >= 11 is 5.95. The predicted octanol–water partition coefficient (Wildman–Crippen LogP) is 0.929. The maximum atomic E-state index is 10.8. The van der Waals surface area contributed by atoms with Crippen LogP contribution in [0.25, 0.3) is 0 Å². The fraction of sp³-hybridized carbons (Fsp3) is 0.500. The quantitative estimate of drug-likeness (QED) is 0.496. The Morgan fingerprint density at radius 3 is 2.74 bits per heavy atom. The minimum Gasteiger partial charge on any atom is -0.395 e. The van der Waals surface area contributed by atoms with Gasteiger partial charge < -0.3 is 9.90 Å². The summed E-state index contributed by atoms with van der Waals surface area (Å²) in [5.74, 6) is 0. The van der Waals surface area contributed by atoms with Gasteiger partial charge in [0.2, 0.25) is 0 Å². The first-order valence-electron chi connectivity index (χ1n) is 6.47. The average molecular weight is 283 g/mol. The smallest absolute Gasteiger partial charge is 0.152 e. The van der Waals surface area contributed by atoms with Crippen LogP contribution in [0, 0.1) is 0 Å². The predicted molar refractivity (Wildman–Crippen MR) is 75.0 cm³/mol. The third kappa shape index (κ3) is 3.76. The van der Waals surface area contributed by atoms with Crippen molar-refractivity contribution in [3.05, 3.63) is 35.9 Å². The molecule has 0 radical (unpaired) electrons. The number of aliphatic hydroxyl groups excluding tert-OH is 1. The molecule has 0 aliphatic carbocycles. The zero-order chi connectivity index (χ0) is 13.7. The van der Waals surface area contributed by atoms with E-state index in [-0.39, 0.29) is 12.6 Å². The largest absolute Gasteiger partial charge is 0.395 e. The third-order valence-corrected chi connectivity index (χ3v) is 3.85. The van der Waals surface area contributed by atoms with Gasteiger partial charge in [0.1, 0.15) is 5.50 Å². The standard InChI is InChI=1S/C14H19ClN2O2/c15-14(11-19)17-7-6-16(9-13(17)10-18)8-12-4-2-1-3-5-12/h1-5,11,13-14,18H,6-10H2/t13-,14+/m0/s1. The first-order valence-corrected chi connectivity index (χ1v) is 6.90. The van der Waals surface area contributed by atoms with Gasteiger partial charge in [0.25, 0.3) is 0 Å². The van der Waals surface area contributed by atoms with E-state index in [4.69, 9.17) is 11.6 Å². The molecule has 2 rings (SSSR count). The molecule has 104 valence electrons. The SMILES string of the molecule is O=C[C@H](Cl)N1CCN(Cc2ccccc2)C[C@H]1CO. The molecule has 1 saturated heterocycles. The molecule has 1 N–H and O–H groups in total. The normalized spacial score (nSPS) is 23.2. The number of carbonyl (C=O) groups excluding carboxylic acids is 1. The van der Waals surface area contributed by atoms with Gasteiger partial charge in [-0.3, -0.25) is 9.80 Å². The Kier molecular flexibility index (Phi) is 5.34. The molecule has 0 aromatic heterocycles. The van der Waals surface area contributed by atoms with Crippen molar-refractivity contribution in [1.82, 2.24) is 9.80 Å². The number of alkyl halides is 1. The summed E-state index contributed by atoms with van der Waals surface area (Å²) in [5, 5.41) is 9.45. The topological polar surface area (TPSA) is 43.8 Å². The molecule has 0 amide bonds. The fourth-order valence-corrected chi connectivity index (χ4v) is 2.74. The van der Waals surface area contributed by atoms with Crippen molar-refractivity contribution in [3.63, 3.8) is 0 Å². The first-order chi connectivity index (χ1) is 9.24. The van der Waals surface area contributed by atoms with Gasteiger partial charge in [0.05, 0.1) is 6.61 Å². The molecule has 5 heteroatoms. The van der Waals surface area contributed by atoms with Gasteiger partial charge in [-0.05, 0) is 5.56 Å². The summed E-state index contributed by atoms with van der Waals surface area (Å²) in [7, 11) is 0. The molecule has 1 fully saturated rings. The van der Waals surface area contributed by atoms with Gasteiger partial charge in [-0.1, -0.05) is 41.9 Å². The van der Waals surface area contributed by atoms with Crippen molar-refractivity contribution in [2.45, 2.75) is 18.1 Å². The molecule has 1 aromatic carbocycles. The molecule has 1 aliphatic rings. The number of halogens is 1. The Labute approximate surface area is 118 Å². The van der Waals surface area contributed by atoms with Crippen molar-refractivity contribution in [3.8, 4) is 0 Å². The van der Waals surface area contributed by atoms with Gasteiger partial charge in [-0.2, -0.15) is 0 Å². The molecule has 0 spiro atoms. The minimum atomic E-state index is -0.643. The van der Waals surface area contributed by atoms with E-state index in [1.165, 1.54) is 5.56 Å². The maximum absolute atomic E-state index is 10.8. The maximum Gasteiger partial charge on any atom is 0.152 e. The summed E-state index contributed by atoms with van der Waals surface area (Å²) in [5.41, 5.74) is 0.612.